The van der Waals surface area contributed by atoms with E-state index in [2.05, 4.69) is 55.1 Å². The van der Waals surface area contributed by atoms with E-state index in [1.165, 1.54) is 31.5 Å². The molecule has 1 aromatic rings. The van der Waals surface area contributed by atoms with E-state index < -0.39 is 0 Å². The smallest absolute Gasteiger partial charge is 0.119 e. The van der Waals surface area contributed by atoms with Crippen LogP contribution in [0.25, 0.3) is 0 Å². The molecule has 0 radical (unpaired) electrons. The molecule has 3 nitrogen and oxygen atoms in total. The van der Waals surface area contributed by atoms with Gasteiger partial charge in [0.15, 0.2) is 0 Å². The van der Waals surface area contributed by atoms with Gasteiger partial charge in [0.1, 0.15) is 5.75 Å². The molecule has 0 bridgehead atoms. The largest absolute Gasteiger partial charge is 0.494 e. The van der Waals surface area contributed by atoms with E-state index in [0.29, 0.717) is 0 Å². The zero-order valence-corrected chi connectivity index (χ0v) is 13.8. The Hall–Kier alpha value is -1.06. The first-order valence-corrected chi connectivity index (χ1v) is 8.22. The van der Waals surface area contributed by atoms with E-state index in [-0.39, 0.29) is 0 Å². The monoisotopic (exact) mass is 290 g/mol. The first-order valence-electron chi connectivity index (χ1n) is 8.22. The van der Waals surface area contributed by atoms with Gasteiger partial charge in [-0.1, -0.05) is 19.1 Å². The maximum atomic E-state index is 5.78. The molecule has 1 fully saturated rings. The van der Waals surface area contributed by atoms with Gasteiger partial charge in [0.05, 0.1) is 6.61 Å². The summed E-state index contributed by atoms with van der Waals surface area (Å²) in [6, 6.07) is 8.63. The van der Waals surface area contributed by atoms with Crippen molar-refractivity contribution in [2.45, 2.75) is 32.7 Å². The highest BCUT2D eigenvalue weighted by Crippen LogP contribution is 2.19. The topological polar surface area (TPSA) is 15.7 Å². The Morgan fingerprint density at radius 3 is 2.43 bits per heavy atom. The Balaban J connectivity index is 1.71. The lowest BCUT2D eigenvalue weighted by molar-refractivity contribution is 0.185. The van der Waals surface area contributed by atoms with Crippen molar-refractivity contribution in [3.63, 3.8) is 0 Å². The molecule has 0 aliphatic carbocycles. The fraction of sp³-hybridized carbons (Fsp3) is 0.667. The number of hydrogen-bond donors (Lipinski definition) is 0. The number of rotatable bonds is 7. The number of benzene rings is 1. The van der Waals surface area contributed by atoms with Crippen LogP contribution in [0.4, 0.5) is 0 Å². The standard InChI is InChI=1S/C18H30N2O/c1-16-9-12-20(13-10-16)15-17-5-7-18(8-6-17)21-14-4-11-19(2)3/h5-8,16H,4,9-15H2,1-3H3. The van der Waals surface area contributed by atoms with Crippen LogP contribution in [0.1, 0.15) is 31.7 Å². The first kappa shape index (κ1) is 16.3. The van der Waals surface area contributed by atoms with Crippen LogP contribution in [0, 0.1) is 5.92 Å². The average molecular weight is 290 g/mol. The van der Waals surface area contributed by atoms with Crippen LogP contribution >= 0.6 is 0 Å². The number of ether oxygens (including phenoxy) is 1. The van der Waals surface area contributed by atoms with Crippen molar-refractivity contribution >= 4 is 0 Å². The SMILES string of the molecule is CC1CCN(Cc2ccc(OCCCN(C)C)cc2)CC1. The van der Waals surface area contributed by atoms with E-state index in [1.54, 1.807) is 0 Å². The molecule has 0 unspecified atom stereocenters. The van der Waals surface area contributed by atoms with Crippen molar-refractivity contribution in [3.05, 3.63) is 29.8 Å². The highest BCUT2D eigenvalue weighted by atomic mass is 16.5. The lowest BCUT2D eigenvalue weighted by Crippen LogP contribution is -2.32. The van der Waals surface area contributed by atoms with Crippen molar-refractivity contribution in [2.24, 2.45) is 5.92 Å². The summed E-state index contributed by atoms with van der Waals surface area (Å²) >= 11 is 0. The molecule has 0 N–H and O–H groups in total. The molecule has 1 heterocycles. The van der Waals surface area contributed by atoms with Crippen LogP contribution in [0.5, 0.6) is 5.75 Å². The van der Waals surface area contributed by atoms with E-state index in [9.17, 15) is 0 Å². The van der Waals surface area contributed by atoms with Crippen LogP contribution in [0.2, 0.25) is 0 Å². The summed E-state index contributed by atoms with van der Waals surface area (Å²) in [6.07, 6.45) is 3.75. The van der Waals surface area contributed by atoms with E-state index in [0.717, 1.165) is 37.8 Å². The van der Waals surface area contributed by atoms with Gasteiger partial charge < -0.3 is 9.64 Å². The normalized spacial score (nSPS) is 17.3. The van der Waals surface area contributed by atoms with Gasteiger partial charge in [-0.2, -0.15) is 0 Å². The van der Waals surface area contributed by atoms with Crippen molar-refractivity contribution in [2.75, 3.05) is 40.3 Å². The fourth-order valence-electron chi connectivity index (χ4n) is 2.74. The van der Waals surface area contributed by atoms with Crippen molar-refractivity contribution < 1.29 is 4.74 Å². The van der Waals surface area contributed by atoms with Crippen LogP contribution < -0.4 is 4.74 Å². The first-order chi connectivity index (χ1) is 10.1. The molecule has 0 amide bonds. The van der Waals surface area contributed by atoms with Crippen molar-refractivity contribution in [3.8, 4) is 5.75 Å². The second-order valence-electron chi connectivity index (χ2n) is 6.61. The van der Waals surface area contributed by atoms with Gasteiger partial charge in [-0.25, -0.2) is 0 Å². The zero-order valence-electron chi connectivity index (χ0n) is 13.8. The minimum absolute atomic E-state index is 0.793. The Bertz CT molecular complexity index is 394. The second-order valence-corrected chi connectivity index (χ2v) is 6.61. The van der Waals surface area contributed by atoms with E-state index in [4.69, 9.17) is 4.74 Å². The van der Waals surface area contributed by atoms with Gasteiger partial charge in [0.2, 0.25) is 0 Å². The Morgan fingerprint density at radius 1 is 1.14 bits per heavy atom. The number of hydrogen-bond acceptors (Lipinski definition) is 3. The molecule has 118 valence electrons. The number of piperidine rings is 1. The van der Waals surface area contributed by atoms with E-state index >= 15 is 0 Å². The highest BCUT2D eigenvalue weighted by molar-refractivity contribution is 5.27. The third-order valence-corrected chi connectivity index (χ3v) is 4.22. The fourth-order valence-corrected chi connectivity index (χ4v) is 2.74. The second kappa shape index (κ2) is 8.40. The lowest BCUT2D eigenvalue weighted by atomic mass is 9.99. The van der Waals surface area contributed by atoms with Gasteiger partial charge in [-0.05, 0) is 70.1 Å². The molecule has 1 aliphatic rings. The number of nitrogens with zero attached hydrogens (tertiary/aromatic N) is 2. The van der Waals surface area contributed by atoms with Crippen LogP contribution in [0.3, 0.4) is 0 Å². The van der Waals surface area contributed by atoms with Gasteiger partial charge in [-0.3, -0.25) is 4.90 Å². The summed E-state index contributed by atoms with van der Waals surface area (Å²) in [6.45, 7) is 7.79. The Kier molecular flexibility index (Phi) is 6.52. The molecule has 0 saturated carbocycles. The zero-order chi connectivity index (χ0) is 15.1. The molecule has 0 spiro atoms. The molecular weight excluding hydrogens is 260 g/mol. The molecule has 0 aromatic heterocycles. The summed E-state index contributed by atoms with van der Waals surface area (Å²) in [5.41, 5.74) is 1.39. The summed E-state index contributed by atoms with van der Waals surface area (Å²) in [7, 11) is 4.19. The minimum Gasteiger partial charge on any atom is -0.494 e. The third-order valence-electron chi connectivity index (χ3n) is 4.22. The molecule has 0 atom stereocenters. The maximum absolute atomic E-state index is 5.78. The Morgan fingerprint density at radius 2 is 1.81 bits per heavy atom. The van der Waals surface area contributed by atoms with E-state index in [1.807, 2.05) is 0 Å². The Labute approximate surface area is 129 Å². The molecule has 1 aliphatic heterocycles. The summed E-state index contributed by atoms with van der Waals surface area (Å²) in [5, 5.41) is 0. The highest BCUT2D eigenvalue weighted by Gasteiger charge is 2.15. The molecule has 1 saturated heterocycles. The lowest BCUT2D eigenvalue weighted by Gasteiger charge is -2.30. The summed E-state index contributed by atoms with van der Waals surface area (Å²) in [4.78, 5) is 4.75. The van der Waals surface area contributed by atoms with Gasteiger partial charge in [0.25, 0.3) is 0 Å². The predicted molar refractivity (Wildman–Crippen MR) is 88.8 cm³/mol. The average Bonchev–Trinajstić information content (AvgIpc) is 2.47. The molecular formula is C18H30N2O. The summed E-state index contributed by atoms with van der Waals surface area (Å²) in [5.74, 6) is 1.89. The van der Waals surface area contributed by atoms with Gasteiger partial charge in [0, 0.05) is 13.1 Å². The summed E-state index contributed by atoms with van der Waals surface area (Å²) < 4.78 is 5.78. The van der Waals surface area contributed by atoms with Crippen molar-refractivity contribution in [1.29, 1.82) is 0 Å². The van der Waals surface area contributed by atoms with Crippen LogP contribution in [-0.4, -0.2) is 50.1 Å². The van der Waals surface area contributed by atoms with Crippen LogP contribution in [0.15, 0.2) is 24.3 Å². The number of likely N-dealkylation sites (tertiary alicyclic amines) is 1. The molecule has 3 heteroatoms. The maximum Gasteiger partial charge on any atom is 0.119 e. The minimum atomic E-state index is 0.793. The molecule has 21 heavy (non-hydrogen) atoms. The molecule has 1 aromatic carbocycles. The van der Waals surface area contributed by atoms with Gasteiger partial charge >= 0.3 is 0 Å². The van der Waals surface area contributed by atoms with Crippen LogP contribution in [-0.2, 0) is 6.54 Å². The van der Waals surface area contributed by atoms with Gasteiger partial charge in [-0.15, -0.1) is 0 Å². The third kappa shape index (κ3) is 6.06. The van der Waals surface area contributed by atoms with Crippen molar-refractivity contribution in [1.82, 2.24) is 9.80 Å². The predicted octanol–water partition coefficient (Wildman–Crippen LogP) is 3.25. The quantitative estimate of drug-likeness (QED) is 0.717. The molecule has 2 rings (SSSR count).